The number of rotatable bonds is 6. The normalized spacial score (nSPS) is 21.5. The summed E-state index contributed by atoms with van der Waals surface area (Å²) in [6.45, 7) is 0.525. The van der Waals surface area contributed by atoms with E-state index in [4.69, 9.17) is 20.8 Å². The van der Waals surface area contributed by atoms with Gasteiger partial charge in [-0.1, -0.05) is 34.9 Å². The maximum absolute atomic E-state index is 11.9. The van der Waals surface area contributed by atoms with E-state index in [1.165, 1.54) is 0 Å². The van der Waals surface area contributed by atoms with Crippen LogP contribution in [-0.2, 0) is 4.74 Å². The number of ether oxygens (including phenoxy) is 2. The largest absolute Gasteiger partial charge is 0.522 e. The quantitative estimate of drug-likeness (QED) is 0.676. The summed E-state index contributed by atoms with van der Waals surface area (Å²) in [5, 5.41) is 11.8. The molecule has 3 heterocycles. The number of alkyl halides is 3. The fourth-order valence-corrected chi connectivity index (χ4v) is 3.83. The van der Waals surface area contributed by atoms with Crippen LogP contribution in [0.25, 0.3) is 6.08 Å². The number of hydrogen-bond donors (Lipinski definition) is 1. The molecule has 1 saturated heterocycles. The summed E-state index contributed by atoms with van der Waals surface area (Å²) in [6.07, 6.45) is 1.02. The maximum atomic E-state index is 11.9. The number of benzene rings is 1. The molecule has 2 aromatic rings. The summed E-state index contributed by atoms with van der Waals surface area (Å²) in [4.78, 5) is 2.33. The third-order valence-electron chi connectivity index (χ3n) is 5.03. The first kappa shape index (κ1) is 21.0. The molecule has 0 unspecified atom stereocenters. The number of nitrogens with one attached hydrogen (secondary N) is 1. The van der Waals surface area contributed by atoms with Crippen molar-refractivity contribution in [1.29, 1.82) is 0 Å². The molecule has 11 heteroatoms. The molecule has 0 spiro atoms. The van der Waals surface area contributed by atoms with Crippen LogP contribution >= 0.6 is 11.6 Å². The van der Waals surface area contributed by atoms with Gasteiger partial charge in [-0.2, -0.15) is 0 Å². The van der Waals surface area contributed by atoms with E-state index in [0.29, 0.717) is 17.5 Å². The molecule has 1 aromatic heterocycles. The SMILES string of the molecule is FC(F)(F)OCCOc1nnc([C@H]2CC[C@H](N3CC=Cc4ccc(Cl)cc43)CN2)o1. The summed E-state index contributed by atoms with van der Waals surface area (Å²) in [7, 11) is 0. The molecule has 2 atom stereocenters. The summed E-state index contributed by atoms with van der Waals surface area (Å²) < 4.78 is 49.9. The van der Waals surface area contributed by atoms with Crippen molar-refractivity contribution in [3.8, 4) is 6.08 Å². The van der Waals surface area contributed by atoms with Crippen molar-refractivity contribution >= 4 is 23.4 Å². The number of piperidine rings is 1. The van der Waals surface area contributed by atoms with Crippen molar-refractivity contribution in [3.05, 3.63) is 40.8 Å². The van der Waals surface area contributed by atoms with Crippen LogP contribution in [0.2, 0.25) is 5.02 Å². The molecule has 0 aliphatic carbocycles. The van der Waals surface area contributed by atoms with E-state index in [1.54, 1.807) is 0 Å². The van der Waals surface area contributed by atoms with Gasteiger partial charge in [-0.15, -0.1) is 18.3 Å². The van der Waals surface area contributed by atoms with Crippen molar-refractivity contribution in [2.24, 2.45) is 0 Å². The number of aromatic nitrogens is 2. The number of halogens is 4. The Hall–Kier alpha value is -2.30. The third kappa shape index (κ3) is 5.05. The van der Waals surface area contributed by atoms with Crippen LogP contribution in [0.1, 0.15) is 30.3 Å². The van der Waals surface area contributed by atoms with Crippen molar-refractivity contribution < 1.29 is 27.1 Å². The molecule has 1 aromatic carbocycles. The zero-order chi connectivity index (χ0) is 21.1. The van der Waals surface area contributed by atoms with E-state index >= 15 is 0 Å². The molecule has 162 valence electrons. The minimum Gasteiger partial charge on any atom is -0.447 e. The number of anilines is 1. The summed E-state index contributed by atoms with van der Waals surface area (Å²) >= 11 is 6.18. The Morgan fingerprint density at radius 1 is 1.23 bits per heavy atom. The summed E-state index contributed by atoms with van der Waals surface area (Å²) in [5.41, 5.74) is 2.26. The average Bonchev–Trinajstić information content (AvgIpc) is 3.19. The highest BCUT2D eigenvalue weighted by molar-refractivity contribution is 6.31. The van der Waals surface area contributed by atoms with Gasteiger partial charge in [-0.3, -0.25) is 4.74 Å². The molecular weight excluding hydrogens is 425 g/mol. The van der Waals surface area contributed by atoms with Crippen LogP contribution in [0.15, 0.2) is 28.7 Å². The lowest BCUT2D eigenvalue weighted by Crippen LogP contribution is -2.48. The van der Waals surface area contributed by atoms with E-state index < -0.39 is 13.0 Å². The average molecular weight is 445 g/mol. The predicted molar refractivity (Wildman–Crippen MR) is 103 cm³/mol. The van der Waals surface area contributed by atoms with Crippen LogP contribution < -0.4 is 15.0 Å². The molecule has 0 amide bonds. The molecule has 0 radical (unpaired) electrons. The van der Waals surface area contributed by atoms with Gasteiger partial charge in [0.15, 0.2) is 0 Å². The maximum Gasteiger partial charge on any atom is 0.522 e. The van der Waals surface area contributed by atoms with Gasteiger partial charge in [-0.25, -0.2) is 0 Å². The fraction of sp³-hybridized carbons (Fsp3) is 0.474. The van der Waals surface area contributed by atoms with Gasteiger partial charge in [0.2, 0.25) is 5.89 Å². The zero-order valence-corrected chi connectivity index (χ0v) is 16.6. The molecule has 1 N–H and O–H groups in total. The molecule has 0 saturated carbocycles. The number of fused-ring (bicyclic) bond motifs is 1. The Balaban J connectivity index is 1.30. The van der Waals surface area contributed by atoms with E-state index in [9.17, 15) is 13.2 Å². The minimum atomic E-state index is -4.69. The molecule has 2 aliphatic rings. The van der Waals surface area contributed by atoms with E-state index in [0.717, 1.165) is 30.6 Å². The lowest BCUT2D eigenvalue weighted by molar-refractivity contribution is -0.325. The van der Waals surface area contributed by atoms with E-state index in [1.807, 2.05) is 18.2 Å². The first-order valence-electron chi connectivity index (χ1n) is 9.52. The van der Waals surface area contributed by atoms with Gasteiger partial charge in [-0.05, 0) is 30.5 Å². The predicted octanol–water partition coefficient (Wildman–Crippen LogP) is 3.96. The standard InChI is InChI=1S/C19H20ClF3N4O3/c20-13-4-3-12-2-1-7-27(16(12)10-13)14-5-6-15(24-11-14)17-25-26-18(30-17)28-8-9-29-19(21,22)23/h1-4,10,14-15,24H,5-9,11H2/t14-,15+/m0/s1. The second-order valence-corrected chi connectivity index (χ2v) is 7.44. The molecule has 30 heavy (non-hydrogen) atoms. The Bertz CT molecular complexity index is 897. The van der Waals surface area contributed by atoms with Gasteiger partial charge in [0.25, 0.3) is 0 Å². The monoisotopic (exact) mass is 444 g/mol. The van der Waals surface area contributed by atoms with Crippen LogP contribution in [-0.4, -0.2) is 48.9 Å². The van der Waals surface area contributed by atoms with Crippen LogP contribution in [0.4, 0.5) is 18.9 Å². The lowest BCUT2D eigenvalue weighted by atomic mass is 9.97. The van der Waals surface area contributed by atoms with Gasteiger partial charge in [0, 0.05) is 29.8 Å². The van der Waals surface area contributed by atoms with Gasteiger partial charge < -0.3 is 19.4 Å². The van der Waals surface area contributed by atoms with E-state index in [2.05, 4.69) is 37.3 Å². The molecule has 7 nitrogen and oxygen atoms in total. The highest BCUT2D eigenvalue weighted by Crippen LogP contribution is 2.34. The zero-order valence-electron chi connectivity index (χ0n) is 15.9. The Kier molecular flexibility index (Phi) is 6.16. The highest BCUT2D eigenvalue weighted by atomic mass is 35.5. The molecular formula is C19H20ClF3N4O3. The Morgan fingerprint density at radius 2 is 2.10 bits per heavy atom. The van der Waals surface area contributed by atoms with E-state index in [-0.39, 0.29) is 24.8 Å². The first-order valence-corrected chi connectivity index (χ1v) is 9.90. The molecule has 1 fully saturated rings. The van der Waals surface area contributed by atoms with Crippen LogP contribution in [0.3, 0.4) is 0 Å². The van der Waals surface area contributed by atoms with Crippen molar-refractivity contribution in [1.82, 2.24) is 15.5 Å². The van der Waals surface area contributed by atoms with Gasteiger partial charge >= 0.3 is 12.4 Å². The van der Waals surface area contributed by atoms with Crippen molar-refractivity contribution in [3.63, 3.8) is 0 Å². The molecule has 2 aliphatic heterocycles. The molecule has 0 bridgehead atoms. The Morgan fingerprint density at radius 3 is 2.87 bits per heavy atom. The van der Waals surface area contributed by atoms with Gasteiger partial charge in [0.1, 0.15) is 6.61 Å². The summed E-state index contributed by atoms with van der Waals surface area (Å²) in [6, 6.07) is 6.02. The highest BCUT2D eigenvalue weighted by Gasteiger charge is 2.31. The molecule has 4 rings (SSSR count). The lowest BCUT2D eigenvalue weighted by Gasteiger charge is -2.39. The summed E-state index contributed by atoms with van der Waals surface area (Å²) in [5.74, 6) is 0.349. The number of nitrogens with zero attached hydrogens (tertiary/aromatic N) is 3. The smallest absolute Gasteiger partial charge is 0.447 e. The minimum absolute atomic E-state index is 0.142. The second kappa shape index (κ2) is 8.83. The van der Waals surface area contributed by atoms with Crippen molar-refractivity contribution in [2.75, 3.05) is 31.2 Å². The number of hydrogen-bond acceptors (Lipinski definition) is 7. The third-order valence-corrected chi connectivity index (χ3v) is 5.26. The fourth-order valence-electron chi connectivity index (χ4n) is 3.67. The first-order chi connectivity index (χ1) is 14.4. The second-order valence-electron chi connectivity index (χ2n) is 7.00. The topological polar surface area (TPSA) is 72.7 Å². The van der Waals surface area contributed by atoms with Crippen molar-refractivity contribution in [2.45, 2.75) is 31.3 Å². The van der Waals surface area contributed by atoms with Gasteiger partial charge in [0.05, 0.1) is 12.6 Å². The van der Waals surface area contributed by atoms with Crippen LogP contribution in [0, 0.1) is 0 Å². The van der Waals surface area contributed by atoms with Crippen LogP contribution in [0.5, 0.6) is 6.08 Å². The Labute approximate surface area is 175 Å².